The molecule has 1 aliphatic carbocycles. The summed E-state index contributed by atoms with van der Waals surface area (Å²) in [7, 11) is 0. The van der Waals surface area contributed by atoms with Gasteiger partial charge in [-0.3, -0.25) is 9.59 Å². The molecule has 124 valence electrons. The zero-order valence-electron chi connectivity index (χ0n) is 13.7. The molecule has 1 aromatic heterocycles. The van der Waals surface area contributed by atoms with Crippen LogP contribution in [0.3, 0.4) is 0 Å². The lowest BCUT2D eigenvalue weighted by Gasteiger charge is -2.24. The normalized spacial score (nSPS) is 26.4. The number of aromatic amines is 1. The number of hydrogen-bond donors (Lipinski definition) is 2. The number of carboxylic acid groups (broad SMARTS) is 1. The molecule has 2 fully saturated rings. The molecule has 1 amide bonds. The van der Waals surface area contributed by atoms with E-state index in [1.165, 1.54) is 11.8 Å². The smallest absolute Gasteiger partial charge is 0.326 e. The number of aryl methyl sites for hydroxylation is 1. The van der Waals surface area contributed by atoms with Crippen molar-refractivity contribution in [2.24, 2.45) is 11.8 Å². The third kappa shape index (κ3) is 2.36. The number of aliphatic carboxylic acids is 1. The number of carboxylic acids is 1. The van der Waals surface area contributed by atoms with Crippen molar-refractivity contribution in [2.45, 2.75) is 46.1 Å². The van der Waals surface area contributed by atoms with Crippen LogP contribution in [-0.2, 0) is 4.79 Å². The maximum absolute atomic E-state index is 12.9. The molecule has 1 aromatic rings. The average molecular weight is 318 g/mol. The van der Waals surface area contributed by atoms with E-state index >= 15 is 0 Å². The lowest BCUT2D eigenvalue weighted by atomic mass is 9.94. The number of nitrogens with one attached hydrogen (secondary N) is 1. The summed E-state index contributed by atoms with van der Waals surface area (Å²) in [5.41, 5.74) is 2.14. The first-order valence-electron chi connectivity index (χ1n) is 8.06. The molecule has 3 atom stereocenters. The van der Waals surface area contributed by atoms with Crippen molar-refractivity contribution in [1.82, 2.24) is 9.88 Å². The van der Waals surface area contributed by atoms with Gasteiger partial charge in [0, 0.05) is 17.8 Å². The van der Waals surface area contributed by atoms with Crippen molar-refractivity contribution in [3.63, 3.8) is 0 Å². The number of nitrogens with zero attached hydrogens (tertiary/aromatic N) is 1. The van der Waals surface area contributed by atoms with Crippen LogP contribution in [0.1, 0.15) is 58.3 Å². The van der Waals surface area contributed by atoms with Crippen molar-refractivity contribution in [1.29, 1.82) is 0 Å². The summed E-state index contributed by atoms with van der Waals surface area (Å²) in [5, 5.41) is 9.59. The highest BCUT2D eigenvalue weighted by Gasteiger charge is 2.50. The fourth-order valence-corrected chi connectivity index (χ4v) is 4.47. The molecule has 3 unspecified atom stereocenters. The molecule has 2 heterocycles. The second-order valence-electron chi connectivity index (χ2n) is 6.78. The molecule has 0 bridgehead atoms. The topological polar surface area (TPSA) is 90.5 Å². The molecule has 1 saturated carbocycles. The Bertz CT molecular complexity index is 691. The van der Waals surface area contributed by atoms with E-state index in [1.807, 2.05) is 0 Å². The molecule has 6 heteroatoms. The van der Waals surface area contributed by atoms with Crippen LogP contribution in [0.25, 0.3) is 0 Å². The largest absolute Gasteiger partial charge is 0.480 e. The molecule has 0 aromatic carbocycles. The first-order chi connectivity index (χ1) is 10.8. The van der Waals surface area contributed by atoms with E-state index in [0.717, 1.165) is 19.3 Å². The van der Waals surface area contributed by atoms with E-state index in [4.69, 9.17) is 0 Å². The van der Waals surface area contributed by atoms with E-state index in [2.05, 4.69) is 4.98 Å². The van der Waals surface area contributed by atoms with Crippen molar-refractivity contribution in [3.8, 4) is 0 Å². The molecular formula is C17H22N2O4. The monoisotopic (exact) mass is 318 g/mol. The molecule has 0 spiro atoms. The maximum atomic E-state index is 12.9. The van der Waals surface area contributed by atoms with Gasteiger partial charge in [0.15, 0.2) is 5.78 Å². The first kappa shape index (κ1) is 15.8. The number of likely N-dealkylation sites (tertiary alicyclic amines) is 1. The SMILES string of the molecule is CC(=O)c1c(C)[nH]c(C(=O)N2CC3CCCC3C2C(=O)O)c1C. The molecule has 0 radical (unpaired) electrons. The number of ketones is 1. The summed E-state index contributed by atoms with van der Waals surface area (Å²) >= 11 is 0. The van der Waals surface area contributed by atoms with Crippen LogP contribution in [0, 0.1) is 25.7 Å². The summed E-state index contributed by atoms with van der Waals surface area (Å²) < 4.78 is 0. The minimum atomic E-state index is -0.930. The Kier molecular flexibility index (Phi) is 3.78. The first-order valence-corrected chi connectivity index (χ1v) is 8.06. The van der Waals surface area contributed by atoms with E-state index in [-0.39, 0.29) is 23.5 Å². The zero-order chi connectivity index (χ0) is 16.9. The minimum absolute atomic E-state index is 0.0556. The maximum Gasteiger partial charge on any atom is 0.326 e. The van der Waals surface area contributed by atoms with E-state index in [1.54, 1.807) is 13.8 Å². The third-order valence-electron chi connectivity index (χ3n) is 5.41. The molecular weight excluding hydrogens is 296 g/mol. The number of rotatable bonds is 3. The fourth-order valence-electron chi connectivity index (χ4n) is 4.47. The summed E-state index contributed by atoms with van der Waals surface area (Å²) in [6, 6.07) is -0.751. The standard InChI is InChI=1S/C17H22N2O4/c1-8-13(10(3)20)9(2)18-14(8)16(21)19-7-11-5-4-6-12(11)15(19)17(22)23/h11-12,15,18H,4-7H2,1-3H3,(H,22,23). The predicted octanol–water partition coefficient (Wildman–Crippen LogP) is 2.16. The Labute approximate surface area is 134 Å². The third-order valence-corrected chi connectivity index (χ3v) is 5.41. The highest BCUT2D eigenvalue weighted by Crippen LogP contribution is 2.42. The summed E-state index contributed by atoms with van der Waals surface area (Å²) in [6.07, 6.45) is 2.89. The molecule has 3 rings (SSSR count). The lowest BCUT2D eigenvalue weighted by molar-refractivity contribution is -0.142. The van der Waals surface area contributed by atoms with Crippen molar-refractivity contribution in [3.05, 3.63) is 22.5 Å². The molecule has 23 heavy (non-hydrogen) atoms. The summed E-state index contributed by atoms with van der Waals surface area (Å²) in [5.74, 6) is -0.993. The Balaban J connectivity index is 1.96. The van der Waals surface area contributed by atoms with Gasteiger partial charge in [0.2, 0.25) is 0 Å². The summed E-state index contributed by atoms with van der Waals surface area (Å²) in [4.78, 5) is 40.8. The fraction of sp³-hybridized carbons (Fsp3) is 0.588. The van der Waals surface area contributed by atoms with Gasteiger partial charge in [-0.2, -0.15) is 0 Å². The second-order valence-corrected chi connectivity index (χ2v) is 6.78. The van der Waals surface area contributed by atoms with Crippen LogP contribution in [0.2, 0.25) is 0 Å². The van der Waals surface area contributed by atoms with E-state index < -0.39 is 12.0 Å². The van der Waals surface area contributed by atoms with Crippen LogP contribution in [0.15, 0.2) is 0 Å². The quantitative estimate of drug-likeness (QED) is 0.836. The number of amides is 1. The van der Waals surface area contributed by atoms with E-state index in [0.29, 0.717) is 29.1 Å². The minimum Gasteiger partial charge on any atom is -0.480 e. The van der Waals surface area contributed by atoms with Crippen LogP contribution in [0.5, 0.6) is 0 Å². The summed E-state index contributed by atoms with van der Waals surface area (Å²) in [6.45, 7) is 5.46. The Morgan fingerprint density at radius 2 is 1.91 bits per heavy atom. The predicted molar refractivity (Wildman–Crippen MR) is 83.6 cm³/mol. The van der Waals surface area contributed by atoms with Gasteiger partial charge in [0.1, 0.15) is 11.7 Å². The van der Waals surface area contributed by atoms with Crippen molar-refractivity contribution in [2.75, 3.05) is 6.54 Å². The molecule has 6 nitrogen and oxygen atoms in total. The van der Waals surface area contributed by atoms with Crippen LogP contribution in [-0.4, -0.2) is 45.2 Å². The van der Waals surface area contributed by atoms with Crippen molar-refractivity contribution >= 4 is 17.7 Å². The van der Waals surface area contributed by atoms with Gasteiger partial charge in [-0.05, 0) is 51.0 Å². The number of carbonyl (C=O) groups excluding carboxylic acids is 2. The molecule has 1 saturated heterocycles. The Hall–Kier alpha value is -2.11. The number of fused-ring (bicyclic) bond motifs is 1. The van der Waals surface area contributed by atoms with Gasteiger partial charge in [0.05, 0.1) is 0 Å². The zero-order valence-corrected chi connectivity index (χ0v) is 13.7. The average Bonchev–Trinajstić information content (AvgIpc) is 3.09. The van der Waals surface area contributed by atoms with Crippen LogP contribution in [0.4, 0.5) is 0 Å². The number of aromatic nitrogens is 1. The lowest BCUT2D eigenvalue weighted by Crippen LogP contribution is -2.43. The number of Topliss-reactive ketones (excluding diaryl/α,β-unsaturated/α-hetero) is 1. The van der Waals surface area contributed by atoms with E-state index in [9.17, 15) is 19.5 Å². The van der Waals surface area contributed by atoms with Gasteiger partial charge >= 0.3 is 5.97 Å². The van der Waals surface area contributed by atoms with Crippen LogP contribution < -0.4 is 0 Å². The number of H-pyrrole nitrogens is 1. The number of carbonyl (C=O) groups is 3. The van der Waals surface area contributed by atoms with Gasteiger partial charge in [-0.25, -0.2) is 4.79 Å². The van der Waals surface area contributed by atoms with Gasteiger partial charge < -0.3 is 15.0 Å². The van der Waals surface area contributed by atoms with Gasteiger partial charge in [-0.1, -0.05) is 6.42 Å². The van der Waals surface area contributed by atoms with Crippen molar-refractivity contribution < 1.29 is 19.5 Å². The number of hydrogen-bond acceptors (Lipinski definition) is 3. The molecule has 2 aliphatic rings. The molecule has 1 aliphatic heterocycles. The second kappa shape index (κ2) is 5.51. The Morgan fingerprint density at radius 3 is 2.48 bits per heavy atom. The van der Waals surface area contributed by atoms with Gasteiger partial charge in [-0.15, -0.1) is 0 Å². The molecule has 2 N–H and O–H groups in total. The Morgan fingerprint density at radius 1 is 1.22 bits per heavy atom. The highest BCUT2D eigenvalue weighted by molar-refractivity contribution is 6.03. The highest BCUT2D eigenvalue weighted by atomic mass is 16.4. The van der Waals surface area contributed by atoms with Crippen LogP contribution >= 0.6 is 0 Å². The van der Waals surface area contributed by atoms with Gasteiger partial charge in [0.25, 0.3) is 5.91 Å².